The molecular formula is C15H23N3O. The molecule has 0 radical (unpaired) electrons. The Balaban J connectivity index is 1.85. The van der Waals surface area contributed by atoms with Crippen LogP contribution in [0.25, 0.3) is 5.65 Å². The van der Waals surface area contributed by atoms with Crippen molar-refractivity contribution < 1.29 is 5.11 Å². The van der Waals surface area contributed by atoms with Gasteiger partial charge in [0.05, 0.1) is 11.8 Å². The predicted molar refractivity (Wildman–Crippen MR) is 77.0 cm³/mol. The fourth-order valence-electron chi connectivity index (χ4n) is 2.42. The monoisotopic (exact) mass is 261 g/mol. The predicted octanol–water partition coefficient (Wildman–Crippen LogP) is 2.22. The van der Waals surface area contributed by atoms with Crippen molar-refractivity contribution in [2.75, 3.05) is 6.54 Å². The van der Waals surface area contributed by atoms with Gasteiger partial charge >= 0.3 is 0 Å². The first-order valence-electron chi connectivity index (χ1n) is 7.06. The third-order valence-corrected chi connectivity index (χ3v) is 3.67. The number of fused-ring (bicyclic) bond motifs is 1. The lowest BCUT2D eigenvalue weighted by atomic mass is 9.96. The van der Waals surface area contributed by atoms with Crippen LogP contribution in [-0.4, -0.2) is 27.1 Å². The van der Waals surface area contributed by atoms with Crippen LogP contribution in [0.2, 0.25) is 0 Å². The van der Waals surface area contributed by atoms with E-state index in [-0.39, 0.29) is 6.10 Å². The summed E-state index contributed by atoms with van der Waals surface area (Å²) in [5.41, 5.74) is 1.96. The summed E-state index contributed by atoms with van der Waals surface area (Å²) in [6.45, 7) is 5.57. The molecule has 0 amide bonds. The average Bonchev–Trinajstić information content (AvgIpc) is 2.82. The van der Waals surface area contributed by atoms with E-state index in [0.717, 1.165) is 24.2 Å². The Morgan fingerprint density at radius 2 is 2.11 bits per heavy atom. The molecule has 19 heavy (non-hydrogen) atoms. The number of rotatable bonds is 7. The molecular weight excluding hydrogens is 238 g/mol. The van der Waals surface area contributed by atoms with Crippen molar-refractivity contribution in [3.8, 4) is 0 Å². The fraction of sp³-hybridized carbons (Fsp3) is 0.533. The number of aliphatic hydroxyl groups is 1. The Hall–Kier alpha value is -1.39. The van der Waals surface area contributed by atoms with Crippen LogP contribution in [0.3, 0.4) is 0 Å². The quantitative estimate of drug-likeness (QED) is 0.803. The second-order valence-corrected chi connectivity index (χ2v) is 4.97. The van der Waals surface area contributed by atoms with Gasteiger partial charge in [-0.1, -0.05) is 32.8 Å². The van der Waals surface area contributed by atoms with Gasteiger partial charge in [-0.2, -0.15) is 0 Å². The van der Waals surface area contributed by atoms with Crippen LogP contribution in [0.4, 0.5) is 0 Å². The van der Waals surface area contributed by atoms with Gasteiger partial charge in [0, 0.05) is 25.5 Å². The van der Waals surface area contributed by atoms with Crippen LogP contribution in [0.5, 0.6) is 0 Å². The maximum Gasteiger partial charge on any atom is 0.137 e. The molecule has 0 saturated heterocycles. The first-order valence-corrected chi connectivity index (χ1v) is 7.06. The first-order chi connectivity index (χ1) is 9.24. The summed E-state index contributed by atoms with van der Waals surface area (Å²) in [4.78, 5) is 4.51. The third kappa shape index (κ3) is 3.55. The molecule has 4 nitrogen and oxygen atoms in total. The summed E-state index contributed by atoms with van der Waals surface area (Å²) >= 11 is 0. The number of aromatic nitrogens is 2. The number of imidazole rings is 1. The fourth-order valence-corrected chi connectivity index (χ4v) is 2.42. The highest BCUT2D eigenvalue weighted by atomic mass is 16.3. The van der Waals surface area contributed by atoms with E-state index in [9.17, 15) is 5.11 Å². The molecule has 0 aliphatic heterocycles. The van der Waals surface area contributed by atoms with E-state index in [1.54, 1.807) is 0 Å². The molecule has 2 heterocycles. The van der Waals surface area contributed by atoms with Gasteiger partial charge in [-0.05, 0) is 18.1 Å². The van der Waals surface area contributed by atoms with Gasteiger partial charge in [0.2, 0.25) is 0 Å². The number of nitrogens with zero attached hydrogens (tertiary/aromatic N) is 2. The number of pyridine rings is 1. The van der Waals surface area contributed by atoms with Crippen LogP contribution in [0, 0.1) is 5.92 Å². The lowest BCUT2D eigenvalue weighted by molar-refractivity contribution is 0.101. The molecule has 0 aromatic carbocycles. The highest BCUT2D eigenvalue weighted by molar-refractivity contribution is 5.39. The number of nitrogens with one attached hydrogen (secondary N) is 1. The largest absolute Gasteiger partial charge is 0.392 e. The molecule has 104 valence electrons. The van der Waals surface area contributed by atoms with E-state index >= 15 is 0 Å². The summed E-state index contributed by atoms with van der Waals surface area (Å²) in [5, 5.41) is 13.3. The first kappa shape index (κ1) is 14.0. The van der Waals surface area contributed by atoms with E-state index in [4.69, 9.17) is 0 Å². The summed E-state index contributed by atoms with van der Waals surface area (Å²) in [6.07, 6.45) is 5.78. The van der Waals surface area contributed by atoms with Crippen LogP contribution in [0.15, 0.2) is 30.6 Å². The van der Waals surface area contributed by atoms with Gasteiger partial charge < -0.3 is 14.8 Å². The Kier molecular flexibility index (Phi) is 4.93. The van der Waals surface area contributed by atoms with Gasteiger partial charge in [-0.3, -0.25) is 0 Å². The molecule has 0 aliphatic rings. The standard InChI is InChI=1S/C15H23N3O/c1-3-12(4-2)14(19)10-16-9-13-11-18-8-6-5-7-15(18)17-13/h5-8,11-12,14,16,19H,3-4,9-10H2,1-2H3. The number of hydrogen-bond acceptors (Lipinski definition) is 3. The van der Waals surface area contributed by atoms with Gasteiger partial charge in [-0.25, -0.2) is 4.98 Å². The number of hydrogen-bond donors (Lipinski definition) is 2. The van der Waals surface area contributed by atoms with Crippen molar-refractivity contribution in [1.29, 1.82) is 0 Å². The summed E-state index contributed by atoms with van der Waals surface area (Å²) < 4.78 is 2.01. The van der Waals surface area contributed by atoms with E-state index < -0.39 is 0 Å². The smallest absolute Gasteiger partial charge is 0.137 e. The third-order valence-electron chi connectivity index (χ3n) is 3.67. The normalized spacial score (nSPS) is 13.3. The highest BCUT2D eigenvalue weighted by Crippen LogP contribution is 2.12. The van der Waals surface area contributed by atoms with Crippen molar-refractivity contribution in [3.63, 3.8) is 0 Å². The van der Waals surface area contributed by atoms with Gasteiger partial charge in [0.25, 0.3) is 0 Å². The molecule has 1 atom stereocenters. The zero-order chi connectivity index (χ0) is 13.7. The van der Waals surface area contributed by atoms with Crippen molar-refractivity contribution in [3.05, 3.63) is 36.3 Å². The summed E-state index contributed by atoms with van der Waals surface area (Å²) in [6, 6.07) is 5.96. The Morgan fingerprint density at radius 1 is 1.32 bits per heavy atom. The zero-order valence-electron chi connectivity index (χ0n) is 11.7. The number of aliphatic hydroxyl groups excluding tert-OH is 1. The topological polar surface area (TPSA) is 49.6 Å². The van der Waals surface area contributed by atoms with Gasteiger partial charge in [0.1, 0.15) is 5.65 Å². The molecule has 1 unspecified atom stereocenters. The summed E-state index contributed by atoms with van der Waals surface area (Å²) in [5.74, 6) is 0.383. The molecule has 2 aromatic heterocycles. The highest BCUT2D eigenvalue weighted by Gasteiger charge is 2.14. The Morgan fingerprint density at radius 3 is 2.79 bits per heavy atom. The maximum absolute atomic E-state index is 10.0. The van der Waals surface area contributed by atoms with Crippen LogP contribution in [0.1, 0.15) is 32.4 Å². The van der Waals surface area contributed by atoms with Crippen LogP contribution >= 0.6 is 0 Å². The summed E-state index contributed by atoms with van der Waals surface area (Å²) in [7, 11) is 0. The van der Waals surface area contributed by atoms with Crippen molar-refractivity contribution in [1.82, 2.24) is 14.7 Å². The van der Waals surface area contributed by atoms with Gasteiger partial charge in [0.15, 0.2) is 0 Å². The van der Waals surface area contributed by atoms with E-state index in [2.05, 4.69) is 24.1 Å². The zero-order valence-corrected chi connectivity index (χ0v) is 11.7. The van der Waals surface area contributed by atoms with Crippen LogP contribution in [-0.2, 0) is 6.54 Å². The lowest BCUT2D eigenvalue weighted by Gasteiger charge is -2.20. The molecule has 0 fully saturated rings. The molecule has 2 N–H and O–H groups in total. The van der Waals surface area contributed by atoms with Crippen molar-refractivity contribution in [2.45, 2.75) is 39.3 Å². The van der Waals surface area contributed by atoms with E-state index in [0.29, 0.717) is 19.0 Å². The molecule has 0 aliphatic carbocycles. The average molecular weight is 261 g/mol. The van der Waals surface area contributed by atoms with E-state index in [1.165, 1.54) is 0 Å². The molecule has 0 bridgehead atoms. The van der Waals surface area contributed by atoms with Crippen molar-refractivity contribution in [2.24, 2.45) is 5.92 Å². The minimum absolute atomic E-state index is 0.271. The lowest BCUT2D eigenvalue weighted by Crippen LogP contribution is -2.32. The molecule has 4 heteroatoms. The van der Waals surface area contributed by atoms with Gasteiger partial charge in [-0.15, -0.1) is 0 Å². The van der Waals surface area contributed by atoms with Crippen LogP contribution < -0.4 is 5.32 Å². The molecule has 2 rings (SSSR count). The Bertz CT molecular complexity index is 472. The molecule has 0 spiro atoms. The van der Waals surface area contributed by atoms with E-state index in [1.807, 2.05) is 35.0 Å². The SMILES string of the molecule is CCC(CC)C(O)CNCc1cn2ccccc2n1. The van der Waals surface area contributed by atoms with Crippen molar-refractivity contribution >= 4 is 5.65 Å². The Labute approximate surface area is 114 Å². The minimum atomic E-state index is -0.271. The molecule has 2 aromatic rings. The minimum Gasteiger partial charge on any atom is -0.392 e. The molecule has 0 saturated carbocycles. The maximum atomic E-state index is 10.0. The second kappa shape index (κ2) is 6.68. The second-order valence-electron chi connectivity index (χ2n) is 4.97.